The maximum Gasteiger partial charge on any atom is 0.157 e. The number of rotatable bonds is 4. The summed E-state index contributed by atoms with van der Waals surface area (Å²) in [6.07, 6.45) is -1.39. The highest BCUT2D eigenvalue weighted by Gasteiger charge is 2.37. The zero-order valence-corrected chi connectivity index (χ0v) is 12.0. The van der Waals surface area contributed by atoms with Crippen LogP contribution in [0.4, 0.5) is 0 Å². The standard InChI is InChI=1S/C17H16O5/c1-21-14-7-11-5-3-2-4-10(11)6-12(14)17-16(20)13(8-18)15(9-19)22-17/h2-8,16-17,19-20H,9H2,1H3/t16?,17-/m0/s1. The van der Waals surface area contributed by atoms with E-state index in [0.717, 1.165) is 10.8 Å². The topological polar surface area (TPSA) is 76.0 Å². The van der Waals surface area contributed by atoms with Crippen LogP contribution in [0.2, 0.25) is 0 Å². The smallest absolute Gasteiger partial charge is 0.157 e. The van der Waals surface area contributed by atoms with Crippen LogP contribution in [-0.2, 0) is 9.53 Å². The number of methoxy groups -OCH3 is 1. The predicted molar refractivity (Wildman–Crippen MR) is 80.5 cm³/mol. The lowest BCUT2D eigenvalue weighted by atomic mass is 9.97. The van der Waals surface area contributed by atoms with Crippen LogP contribution in [0.1, 0.15) is 11.7 Å². The van der Waals surface area contributed by atoms with E-state index in [0.29, 0.717) is 17.6 Å². The summed E-state index contributed by atoms with van der Waals surface area (Å²) in [5.41, 5.74) is 0.708. The summed E-state index contributed by atoms with van der Waals surface area (Å²) in [6.45, 7) is -0.433. The molecule has 0 saturated carbocycles. The molecule has 1 aliphatic rings. The van der Waals surface area contributed by atoms with Crippen LogP contribution in [0.3, 0.4) is 0 Å². The Labute approximate surface area is 127 Å². The summed E-state index contributed by atoms with van der Waals surface area (Å²) in [7, 11) is 1.54. The molecule has 3 rings (SSSR count). The predicted octanol–water partition coefficient (Wildman–Crippen LogP) is 1.73. The molecule has 0 amide bonds. The van der Waals surface area contributed by atoms with Crippen molar-refractivity contribution in [1.82, 2.24) is 0 Å². The number of aliphatic hydroxyl groups excluding tert-OH is 2. The van der Waals surface area contributed by atoms with Gasteiger partial charge in [0.15, 0.2) is 12.4 Å². The van der Waals surface area contributed by atoms with Crippen molar-refractivity contribution in [2.45, 2.75) is 12.2 Å². The highest BCUT2D eigenvalue weighted by molar-refractivity contribution is 5.85. The Morgan fingerprint density at radius 2 is 1.95 bits per heavy atom. The quantitative estimate of drug-likeness (QED) is 0.841. The molecule has 2 N–H and O–H groups in total. The van der Waals surface area contributed by atoms with Crippen molar-refractivity contribution >= 4 is 17.1 Å². The zero-order chi connectivity index (χ0) is 15.7. The first kappa shape index (κ1) is 14.6. The van der Waals surface area contributed by atoms with Gasteiger partial charge in [-0.3, -0.25) is 4.79 Å². The highest BCUT2D eigenvalue weighted by Crippen LogP contribution is 2.40. The molecule has 1 aliphatic heterocycles. The van der Waals surface area contributed by atoms with Crippen LogP contribution in [-0.4, -0.2) is 36.3 Å². The lowest BCUT2D eigenvalue weighted by Crippen LogP contribution is -2.17. The van der Waals surface area contributed by atoms with Crippen LogP contribution in [0.15, 0.2) is 47.7 Å². The minimum Gasteiger partial charge on any atom is -0.496 e. The first-order valence-electron chi connectivity index (χ1n) is 6.90. The number of hydrogen-bond acceptors (Lipinski definition) is 5. The first-order valence-corrected chi connectivity index (χ1v) is 6.90. The maximum atomic E-state index is 11.1. The van der Waals surface area contributed by atoms with Crippen molar-refractivity contribution in [1.29, 1.82) is 0 Å². The van der Waals surface area contributed by atoms with Crippen LogP contribution >= 0.6 is 0 Å². The second kappa shape index (κ2) is 5.79. The van der Waals surface area contributed by atoms with E-state index < -0.39 is 18.8 Å². The van der Waals surface area contributed by atoms with E-state index in [-0.39, 0.29) is 11.3 Å². The molecule has 0 spiro atoms. The normalized spacial score (nSPS) is 21.0. The van der Waals surface area contributed by atoms with Crippen LogP contribution in [0.5, 0.6) is 5.75 Å². The lowest BCUT2D eigenvalue weighted by molar-refractivity contribution is -0.105. The van der Waals surface area contributed by atoms with Crippen molar-refractivity contribution in [3.8, 4) is 5.75 Å². The Balaban J connectivity index is 2.09. The van der Waals surface area contributed by atoms with Gasteiger partial charge in [-0.05, 0) is 22.9 Å². The summed E-state index contributed by atoms with van der Waals surface area (Å²) < 4.78 is 11.0. The Morgan fingerprint density at radius 3 is 2.50 bits per heavy atom. The fourth-order valence-electron chi connectivity index (χ4n) is 2.75. The molecule has 1 unspecified atom stereocenters. The third-order valence-electron chi connectivity index (χ3n) is 3.87. The van der Waals surface area contributed by atoms with E-state index >= 15 is 0 Å². The summed E-state index contributed by atoms with van der Waals surface area (Å²) in [4.78, 5) is 11.1. The van der Waals surface area contributed by atoms with Crippen molar-refractivity contribution < 1.29 is 24.5 Å². The number of benzene rings is 2. The van der Waals surface area contributed by atoms with Gasteiger partial charge in [0.2, 0.25) is 0 Å². The first-order chi connectivity index (χ1) is 10.7. The van der Waals surface area contributed by atoms with Gasteiger partial charge < -0.3 is 19.7 Å². The monoisotopic (exact) mass is 300 g/mol. The molecule has 0 radical (unpaired) electrons. The van der Waals surface area contributed by atoms with Crippen molar-refractivity contribution in [3.05, 3.63) is 53.3 Å². The molecular weight excluding hydrogens is 284 g/mol. The SMILES string of the molecule is COc1cc2ccccc2cc1[C@@H]1OC(CO)=C(C=O)C1O. The van der Waals surface area contributed by atoms with Gasteiger partial charge in [-0.15, -0.1) is 0 Å². The molecule has 2 atom stereocenters. The number of aliphatic hydroxyl groups is 2. The van der Waals surface area contributed by atoms with Gasteiger partial charge in [0.05, 0.1) is 12.7 Å². The molecule has 5 nitrogen and oxygen atoms in total. The van der Waals surface area contributed by atoms with E-state index in [1.54, 1.807) is 0 Å². The van der Waals surface area contributed by atoms with E-state index in [4.69, 9.17) is 9.47 Å². The van der Waals surface area contributed by atoms with E-state index in [9.17, 15) is 15.0 Å². The maximum absolute atomic E-state index is 11.1. The zero-order valence-electron chi connectivity index (χ0n) is 12.0. The highest BCUT2D eigenvalue weighted by atomic mass is 16.5. The van der Waals surface area contributed by atoms with Crippen molar-refractivity contribution in [2.24, 2.45) is 0 Å². The van der Waals surface area contributed by atoms with Gasteiger partial charge in [-0.1, -0.05) is 24.3 Å². The molecule has 0 aromatic heterocycles. The molecule has 0 aliphatic carbocycles. The number of carbonyl (C=O) groups excluding carboxylic acids is 1. The summed E-state index contributed by atoms with van der Waals surface area (Å²) >= 11 is 0. The molecule has 2 aromatic carbocycles. The van der Waals surface area contributed by atoms with Gasteiger partial charge in [-0.25, -0.2) is 0 Å². The molecule has 22 heavy (non-hydrogen) atoms. The summed E-state index contributed by atoms with van der Waals surface area (Å²) in [6, 6.07) is 11.5. The average molecular weight is 300 g/mol. The molecule has 1 heterocycles. The fourth-order valence-corrected chi connectivity index (χ4v) is 2.75. The van der Waals surface area contributed by atoms with Crippen LogP contribution < -0.4 is 4.74 Å². The van der Waals surface area contributed by atoms with Gasteiger partial charge in [0.25, 0.3) is 0 Å². The van der Waals surface area contributed by atoms with Crippen molar-refractivity contribution in [3.63, 3.8) is 0 Å². The van der Waals surface area contributed by atoms with Gasteiger partial charge >= 0.3 is 0 Å². The Kier molecular flexibility index (Phi) is 3.83. The lowest BCUT2D eigenvalue weighted by Gasteiger charge is -2.20. The number of hydrogen-bond donors (Lipinski definition) is 2. The average Bonchev–Trinajstić information content (AvgIpc) is 2.89. The molecule has 0 bridgehead atoms. The number of ether oxygens (including phenoxy) is 2. The fraction of sp³-hybridized carbons (Fsp3) is 0.235. The van der Waals surface area contributed by atoms with Crippen molar-refractivity contribution in [2.75, 3.05) is 13.7 Å². The third-order valence-corrected chi connectivity index (χ3v) is 3.87. The third kappa shape index (κ3) is 2.24. The van der Waals surface area contributed by atoms with E-state index in [2.05, 4.69) is 0 Å². The number of aldehydes is 1. The van der Waals surface area contributed by atoms with Gasteiger partial charge in [0, 0.05) is 5.56 Å². The van der Waals surface area contributed by atoms with Gasteiger partial charge in [0.1, 0.15) is 24.2 Å². The molecule has 0 saturated heterocycles. The molecule has 2 aromatic rings. The number of fused-ring (bicyclic) bond motifs is 1. The van der Waals surface area contributed by atoms with Gasteiger partial charge in [-0.2, -0.15) is 0 Å². The summed E-state index contributed by atoms with van der Waals surface area (Å²) in [5, 5.41) is 21.6. The largest absolute Gasteiger partial charge is 0.496 e. The minimum atomic E-state index is -1.13. The number of carbonyl (C=O) groups is 1. The Bertz CT molecular complexity index is 750. The summed E-state index contributed by atoms with van der Waals surface area (Å²) in [5.74, 6) is 0.662. The molecular formula is C17H16O5. The van der Waals surface area contributed by atoms with E-state index in [1.165, 1.54) is 7.11 Å². The molecule has 0 fully saturated rings. The van der Waals surface area contributed by atoms with E-state index in [1.807, 2.05) is 36.4 Å². The second-order valence-corrected chi connectivity index (χ2v) is 5.08. The second-order valence-electron chi connectivity index (χ2n) is 5.08. The van der Waals surface area contributed by atoms with Crippen LogP contribution in [0.25, 0.3) is 10.8 Å². The molecule has 114 valence electrons. The minimum absolute atomic E-state index is 0.0720. The Morgan fingerprint density at radius 1 is 1.27 bits per heavy atom. The molecule has 5 heteroatoms. The Hall–Kier alpha value is -2.37. The van der Waals surface area contributed by atoms with Crippen LogP contribution in [0, 0.1) is 0 Å².